The minimum atomic E-state index is 0. The third-order valence-corrected chi connectivity index (χ3v) is 4.20. The van der Waals surface area contributed by atoms with Crippen LogP contribution in [0.15, 0.2) is 4.99 Å². The van der Waals surface area contributed by atoms with E-state index in [-0.39, 0.29) is 36.0 Å². The van der Waals surface area contributed by atoms with Crippen molar-refractivity contribution in [1.82, 2.24) is 15.5 Å². The van der Waals surface area contributed by atoms with Gasteiger partial charge < -0.3 is 15.7 Å². The van der Waals surface area contributed by atoms with Crippen LogP contribution < -0.4 is 10.6 Å². The maximum absolute atomic E-state index is 9.35. The van der Waals surface area contributed by atoms with Crippen molar-refractivity contribution in [2.75, 3.05) is 32.8 Å². The molecule has 0 atom stereocenters. The number of rotatable bonds is 9. The summed E-state index contributed by atoms with van der Waals surface area (Å²) in [5.41, 5.74) is 0.0737. The molecule has 1 fully saturated rings. The molecule has 0 aliphatic heterocycles. The van der Waals surface area contributed by atoms with E-state index in [9.17, 15) is 5.11 Å². The monoisotopic (exact) mass is 426 g/mol. The van der Waals surface area contributed by atoms with Gasteiger partial charge in [-0.3, -0.25) is 9.89 Å². The lowest BCUT2D eigenvalue weighted by atomic mass is 10.1. The molecule has 0 saturated heterocycles. The summed E-state index contributed by atoms with van der Waals surface area (Å²) in [5, 5.41) is 16.0. The number of hydrogen-bond acceptors (Lipinski definition) is 3. The summed E-state index contributed by atoms with van der Waals surface area (Å²) in [5.74, 6) is 0.865. The van der Waals surface area contributed by atoms with Crippen molar-refractivity contribution < 1.29 is 5.11 Å². The second kappa shape index (κ2) is 10.6. The fourth-order valence-corrected chi connectivity index (χ4v) is 2.55. The van der Waals surface area contributed by atoms with Gasteiger partial charge in [-0.05, 0) is 47.5 Å². The van der Waals surface area contributed by atoms with Crippen molar-refractivity contribution >= 4 is 29.9 Å². The molecule has 0 heterocycles. The molecule has 0 aromatic carbocycles. The lowest BCUT2D eigenvalue weighted by molar-refractivity contribution is 0.178. The molecular weight excluding hydrogens is 391 g/mol. The van der Waals surface area contributed by atoms with Crippen LogP contribution in [0.25, 0.3) is 0 Å². The highest BCUT2D eigenvalue weighted by Crippen LogP contribution is 2.45. The van der Waals surface area contributed by atoms with Gasteiger partial charge in [0, 0.05) is 37.1 Å². The topological polar surface area (TPSA) is 59.9 Å². The number of nitrogens with zero attached hydrogens (tertiary/aromatic N) is 2. The van der Waals surface area contributed by atoms with Crippen molar-refractivity contribution in [2.24, 2.45) is 10.4 Å². The smallest absolute Gasteiger partial charge is 0.191 e. The lowest BCUT2D eigenvalue weighted by Gasteiger charge is -2.30. The SMILES string of the molecule is CCNC(=NCC1(CO)CC1)NCCN(C(C)C)C(C)C.I. The van der Waals surface area contributed by atoms with Gasteiger partial charge in [0.1, 0.15) is 0 Å². The van der Waals surface area contributed by atoms with Crippen molar-refractivity contribution in [1.29, 1.82) is 0 Å². The third kappa shape index (κ3) is 7.46. The van der Waals surface area contributed by atoms with Crippen LogP contribution in [0.5, 0.6) is 0 Å². The fraction of sp³-hybridized carbons (Fsp3) is 0.938. The Kier molecular flexibility index (Phi) is 10.6. The lowest BCUT2D eigenvalue weighted by Crippen LogP contribution is -2.45. The minimum Gasteiger partial charge on any atom is -0.396 e. The first-order valence-corrected chi connectivity index (χ1v) is 8.33. The molecule has 22 heavy (non-hydrogen) atoms. The van der Waals surface area contributed by atoms with E-state index < -0.39 is 0 Å². The van der Waals surface area contributed by atoms with Crippen LogP contribution in [0, 0.1) is 5.41 Å². The molecule has 0 radical (unpaired) electrons. The molecule has 3 N–H and O–H groups in total. The van der Waals surface area contributed by atoms with Crippen LogP contribution in [-0.4, -0.2) is 60.8 Å². The zero-order valence-corrected chi connectivity index (χ0v) is 17.2. The van der Waals surface area contributed by atoms with Gasteiger partial charge in [0.2, 0.25) is 0 Å². The first-order chi connectivity index (χ1) is 9.94. The summed E-state index contributed by atoms with van der Waals surface area (Å²) in [4.78, 5) is 7.09. The second-order valence-electron chi connectivity index (χ2n) is 6.71. The van der Waals surface area contributed by atoms with Crippen LogP contribution in [0.3, 0.4) is 0 Å². The largest absolute Gasteiger partial charge is 0.396 e. The zero-order valence-electron chi connectivity index (χ0n) is 14.9. The van der Waals surface area contributed by atoms with Gasteiger partial charge in [0.05, 0.1) is 13.2 Å². The fourth-order valence-electron chi connectivity index (χ4n) is 2.55. The second-order valence-corrected chi connectivity index (χ2v) is 6.71. The Labute approximate surface area is 153 Å². The quantitative estimate of drug-likeness (QED) is 0.300. The summed E-state index contributed by atoms with van der Waals surface area (Å²) in [6, 6.07) is 1.10. The van der Waals surface area contributed by atoms with Gasteiger partial charge in [0.15, 0.2) is 5.96 Å². The van der Waals surface area contributed by atoms with Gasteiger partial charge in [-0.2, -0.15) is 0 Å². The Hall–Kier alpha value is -0.0800. The number of hydrogen-bond donors (Lipinski definition) is 3. The molecule has 0 aromatic heterocycles. The average molecular weight is 426 g/mol. The van der Waals surface area contributed by atoms with Gasteiger partial charge in [0.25, 0.3) is 0 Å². The molecule has 1 rings (SSSR count). The van der Waals surface area contributed by atoms with Gasteiger partial charge in [-0.15, -0.1) is 24.0 Å². The molecule has 5 nitrogen and oxygen atoms in total. The number of nitrogens with one attached hydrogen (secondary N) is 2. The van der Waals surface area contributed by atoms with E-state index >= 15 is 0 Å². The van der Waals surface area contributed by atoms with E-state index in [4.69, 9.17) is 0 Å². The van der Waals surface area contributed by atoms with Crippen LogP contribution in [0.4, 0.5) is 0 Å². The maximum Gasteiger partial charge on any atom is 0.191 e. The van der Waals surface area contributed by atoms with E-state index in [0.29, 0.717) is 12.1 Å². The molecule has 0 unspecified atom stereocenters. The highest BCUT2D eigenvalue weighted by atomic mass is 127. The molecule has 6 heteroatoms. The minimum absolute atomic E-state index is 0. The first kappa shape index (κ1) is 21.9. The molecule has 0 bridgehead atoms. The summed E-state index contributed by atoms with van der Waals surface area (Å²) in [6.07, 6.45) is 2.20. The Bertz CT molecular complexity index is 322. The first-order valence-electron chi connectivity index (χ1n) is 8.33. The van der Waals surface area contributed by atoms with Gasteiger partial charge in [-0.25, -0.2) is 0 Å². The highest BCUT2D eigenvalue weighted by Gasteiger charge is 2.41. The maximum atomic E-state index is 9.35. The predicted octanol–water partition coefficient (Wildman–Crippen LogP) is 2.05. The Morgan fingerprint density at radius 3 is 2.18 bits per heavy atom. The molecule has 132 valence electrons. The van der Waals surface area contributed by atoms with Crippen molar-refractivity contribution in [2.45, 2.75) is 59.5 Å². The zero-order chi connectivity index (χ0) is 15.9. The van der Waals surface area contributed by atoms with Crippen LogP contribution in [0.1, 0.15) is 47.5 Å². The molecule has 0 amide bonds. The molecule has 0 aromatic rings. The predicted molar refractivity (Wildman–Crippen MR) is 105 cm³/mol. The van der Waals surface area contributed by atoms with Crippen LogP contribution >= 0.6 is 24.0 Å². The summed E-state index contributed by atoms with van der Waals surface area (Å²) >= 11 is 0. The van der Waals surface area contributed by atoms with Crippen molar-refractivity contribution in [3.63, 3.8) is 0 Å². The van der Waals surface area contributed by atoms with E-state index in [1.807, 2.05) is 0 Å². The van der Waals surface area contributed by atoms with E-state index in [2.05, 4.69) is 55.1 Å². The normalized spacial score (nSPS) is 16.9. The Balaban J connectivity index is 0.00000441. The number of guanidine groups is 1. The van der Waals surface area contributed by atoms with Gasteiger partial charge in [-0.1, -0.05) is 0 Å². The number of aliphatic imine (C=N–C) groups is 1. The summed E-state index contributed by atoms with van der Waals surface area (Å²) in [6.45, 7) is 14.7. The van der Waals surface area contributed by atoms with E-state index in [0.717, 1.165) is 45.0 Å². The molecular formula is C16H35IN4O. The van der Waals surface area contributed by atoms with Crippen molar-refractivity contribution in [3.05, 3.63) is 0 Å². The van der Waals surface area contributed by atoms with Crippen LogP contribution in [0.2, 0.25) is 0 Å². The average Bonchev–Trinajstić information content (AvgIpc) is 3.20. The third-order valence-electron chi connectivity index (χ3n) is 4.20. The summed E-state index contributed by atoms with van der Waals surface area (Å²) in [7, 11) is 0. The number of aliphatic hydroxyl groups is 1. The standard InChI is InChI=1S/C16H34N4O.HI/c1-6-17-15(19-11-16(12-21)7-8-16)18-9-10-20(13(2)3)14(4)5;/h13-14,21H,6-12H2,1-5H3,(H2,17,18,19);1H. The van der Waals surface area contributed by atoms with Crippen molar-refractivity contribution in [3.8, 4) is 0 Å². The molecule has 1 aliphatic rings. The Morgan fingerprint density at radius 1 is 1.18 bits per heavy atom. The molecule has 0 spiro atoms. The van der Waals surface area contributed by atoms with Gasteiger partial charge >= 0.3 is 0 Å². The Morgan fingerprint density at radius 2 is 1.77 bits per heavy atom. The number of halogens is 1. The number of aliphatic hydroxyl groups excluding tert-OH is 1. The van der Waals surface area contributed by atoms with E-state index in [1.54, 1.807) is 0 Å². The van der Waals surface area contributed by atoms with Crippen LogP contribution in [-0.2, 0) is 0 Å². The van der Waals surface area contributed by atoms with E-state index in [1.165, 1.54) is 0 Å². The highest BCUT2D eigenvalue weighted by molar-refractivity contribution is 14.0. The summed E-state index contributed by atoms with van der Waals surface area (Å²) < 4.78 is 0. The molecule has 1 saturated carbocycles. The molecule has 1 aliphatic carbocycles.